The Morgan fingerprint density at radius 1 is 1.18 bits per heavy atom. The van der Waals surface area contributed by atoms with Gasteiger partial charge in [-0.05, 0) is 56.4 Å². The first-order chi connectivity index (χ1) is 13.6. The van der Waals surface area contributed by atoms with Gasteiger partial charge in [0.05, 0.1) is 6.20 Å². The van der Waals surface area contributed by atoms with Crippen molar-refractivity contribution < 1.29 is 0 Å². The predicted octanol–water partition coefficient (Wildman–Crippen LogP) is 3.46. The normalized spacial score (nSPS) is 13.1. The molecule has 0 saturated heterocycles. The number of aryl methyl sites for hydroxylation is 4. The fraction of sp³-hybridized carbons (Fsp3) is 0.364. The molecule has 0 amide bonds. The van der Waals surface area contributed by atoms with Gasteiger partial charge >= 0.3 is 0 Å². The van der Waals surface area contributed by atoms with E-state index in [2.05, 4.69) is 62.1 Å². The number of hydrogen-bond donors (Lipinski definition) is 0. The second-order valence-corrected chi connectivity index (χ2v) is 7.33. The molecule has 1 saturated carbocycles. The summed E-state index contributed by atoms with van der Waals surface area (Å²) in [6.45, 7) is 4.72. The molecule has 3 aromatic rings. The Bertz CT molecular complexity index is 1020. The lowest BCUT2D eigenvalue weighted by molar-refractivity contribution is 0.587. The van der Waals surface area contributed by atoms with Gasteiger partial charge in [-0.1, -0.05) is 23.1 Å². The van der Waals surface area contributed by atoms with E-state index >= 15 is 0 Å². The number of hydrogen-bond acceptors (Lipinski definition) is 5. The summed E-state index contributed by atoms with van der Waals surface area (Å²) in [5.41, 5.74) is 4.42. The van der Waals surface area contributed by atoms with Crippen molar-refractivity contribution in [3.8, 4) is 11.8 Å². The summed E-state index contributed by atoms with van der Waals surface area (Å²) in [5.74, 6) is 8.82. The number of anilines is 2. The molecule has 2 heterocycles. The van der Waals surface area contributed by atoms with E-state index in [1.54, 1.807) is 0 Å². The predicted molar refractivity (Wildman–Crippen MR) is 109 cm³/mol. The van der Waals surface area contributed by atoms with Crippen LogP contribution in [0.2, 0.25) is 0 Å². The standard InChI is InChI=1S/C22H24N6/c1-16-4-5-19(9-8-18-6-7-18)12-21(16)27(3)22-15-28(26-25-22)11-10-20-13-23-17(2)24-14-20/h4-5,12-15,18H,6-7,10-11H2,1-3H3. The van der Waals surface area contributed by atoms with Gasteiger partial charge in [-0.15, -0.1) is 5.10 Å². The summed E-state index contributed by atoms with van der Waals surface area (Å²) in [6.07, 6.45) is 9.00. The topological polar surface area (TPSA) is 59.7 Å². The maximum Gasteiger partial charge on any atom is 0.175 e. The molecule has 142 valence electrons. The number of rotatable bonds is 5. The Kier molecular flexibility index (Phi) is 5.07. The van der Waals surface area contributed by atoms with Crippen LogP contribution in [0.4, 0.5) is 11.5 Å². The lowest BCUT2D eigenvalue weighted by Gasteiger charge is -2.18. The molecule has 28 heavy (non-hydrogen) atoms. The quantitative estimate of drug-likeness (QED) is 0.642. The SMILES string of the molecule is Cc1ncc(CCn2cc(N(C)c3cc(C#CC4CC4)ccc3C)nn2)cn1. The molecule has 0 atom stereocenters. The van der Waals surface area contributed by atoms with Crippen molar-refractivity contribution in [3.05, 3.63) is 59.3 Å². The molecule has 0 spiro atoms. The summed E-state index contributed by atoms with van der Waals surface area (Å²) in [7, 11) is 2.02. The average molecular weight is 372 g/mol. The minimum Gasteiger partial charge on any atom is -0.326 e. The zero-order chi connectivity index (χ0) is 19.5. The monoisotopic (exact) mass is 372 g/mol. The highest BCUT2D eigenvalue weighted by molar-refractivity contribution is 5.64. The maximum atomic E-state index is 4.35. The number of nitrogens with zero attached hydrogens (tertiary/aromatic N) is 6. The molecule has 6 heteroatoms. The Morgan fingerprint density at radius 3 is 2.71 bits per heavy atom. The van der Waals surface area contributed by atoms with Gasteiger partial charge in [0.1, 0.15) is 5.82 Å². The van der Waals surface area contributed by atoms with Crippen molar-refractivity contribution in [2.75, 3.05) is 11.9 Å². The molecule has 0 unspecified atom stereocenters. The van der Waals surface area contributed by atoms with E-state index in [0.29, 0.717) is 5.92 Å². The van der Waals surface area contributed by atoms with Crippen LogP contribution in [-0.2, 0) is 13.0 Å². The molecular weight excluding hydrogens is 348 g/mol. The summed E-state index contributed by atoms with van der Waals surface area (Å²) < 4.78 is 1.86. The number of aromatic nitrogens is 5. The lowest BCUT2D eigenvalue weighted by atomic mass is 10.1. The van der Waals surface area contributed by atoms with Gasteiger partial charge in [0.25, 0.3) is 0 Å². The summed E-state index contributed by atoms with van der Waals surface area (Å²) in [5, 5.41) is 8.62. The average Bonchev–Trinajstić information content (AvgIpc) is 3.42. The van der Waals surface area contributed by atoms with Crippen molar-refractivity contribution >= 4 is 11.5 Å². The van der Waals surface area contributed by atoms with Gasteiger partial charge in [-0.3, -0.25) is 0 Å². The van der Waals surface area contributed by atoms with Crippen molar-refractivity contribution in [1.29, 1.82) is 0 Å². The van der Waals surface area contributed by atoms with Gasteiger partial charge in [0.15, 0.2) is 5.82 Å². The molecule has 0 aliphatic heterocycles. The van der Waals surface area contributed by atoms with E-state index < -0.39 is 0 Å². The maximum absolute atomic E-state index is 4.35. The molecule has 1 aliphatic rings. The van der Waals surface area contributed by atoms with E-state index in [1.807, 2.05) is 37.2 Å². The van der Waals surface area contributed by atoms with Gasteiger partial charge in [0.2, 0.25) is 0 Å². The van der Waals surface area contributed by atoms with Gasteiger partial charge < -0.3 is 4.90 Å². The summed E-state index contributed by atoms with van der Waals surface area (Å²) >= 11 is 0. The second kappa shape index (κ2) is 7.81. The minimum atomic E-state index is 0.598. The van der Waals surface area contributed by atoms with Crippen LogP contribution >= 0.6 is 0 Å². The highest BCUT2D eigenvalue weighted by Crippen LogP contribution is 2.29. The van der Waals surface area contributed by atoms with Crippen LogP contribution in [0.3, 0.4) is 0 Å². The molecule has 1 fully saturated rings. The smallest absolute Gasteiger partial charge is 0.175 e. The summed E-state index contributed by atoms with van der Waals surface area (Å²) in [4.78, 5) is 10.5. The largest absolute Gasteiger partial charge is 0.326 e. The molecule has 2 aromatic heterocycles. The highest BCUT2D eigenvalue weighted by atomic mass is 15.5. The molecule has 0 N–H and O–H groups in total. The first-order valence-electron chi connectivity index (χ1n) is 9.62. The highest BCUT2D eigenvalue weighted by Gasteiger charge is 2.18. The third kappa shape index (κ3) is 4.37. The van der Waals surface area contributed by atoms with E-state index in [1.165, 1.54) is 18.4 Å². The third-order valence-electron chi connectivity index (χ3n) is 4.90. The summed E-state index contributed by atoms with van der Waals surface area (Å²) in [6, 6.07) is 6.33. The van der Waals surface area contributed by atoms with Crippen LogP contribution in [0.5, 0.6) is 0 Å². The van der Waals surface area contributed by atoms with Gasteiger partial charge in [-0.25, -0.2) is 14.6 Å². The fourth-order valence-corrected chi connectivity index (χ4v) is 2.93. The molecule has 0 bridgehead atoms. The van der Waals surface area contributed by atoms with E-state index in [0.717, 1.165) is 41.4 Å². The van der Waals surface area contributed by atoms with Crippen LogP contribution in [0.15, 0.2) is 36.8 Å². The molecule has 1 aliphatic carbocycles. The molecular formula is C22H24N6. The van der Waals surface area contributed by atoms with Crippen LogP contribution in [0.25, 0.3) is 0 Å². The Labute approximate surface area is 165 Å². The zero-order valence-electron chi connectivity index (χ0n) is 16.6. The van der Waals surface area contributed by atoms with Crippen molar-refractivity contribution in [1.82, 2.24) is 25.0 Å². The first-order valence-corrected chi connectivity index (χ1v) is 9.62. The van der Waals surface area contributed by atoms with Gasteiger partial charge in [-0.2, -0.15) is 0 Å². The Hall–Kier alpha value is -3.20. The zero-order valence-corrected chi connectivity index (χ0v) is 16.6. The molecule has 6 nitrogen and oxygen atoms in total. The lowest BCUT2D eigenvalue weighted by Crippen LogP contribution is -2.11. The minimum absolute atomic E-state index is 0.598. The van der Waals surface area contributed by atoms with Crippen LogP contribution < -0.4 is 4.90 Å². The van der Waals surface area contributed by atoms with Crippen molar-refractivity contribution in [2.24, 2.45) is 5.92 Å². The van der Waals surface area contributed by atoms with E-state index in [-0.39, 0.29) is 0 Å². The second-order valence-electron chi connectivity index (χ2n) is 7.33. The van der Waals surface area contributed by atoms with Crippen LogP contribution in [-0.4, -0.2) is 32.0 Å². The van der Waals surface area contributed by atoms with Gasteiger partial charge in [0, 0.05) is 43.2 Å². The molecule has 1 aromatic carbocycles. The van der Waals surface area contributed by atoms with Crippen LogP contribution in [0.1, 0.15) is 35.4 Å². The molecule has 4 rings (SSSR count). The third-order valence-corrected chi connectivity index (χ3v) is 4.90. The Balaban J connectivity index is 1.46. The van der Waals surface area contributed by atoms with Crippen molar-refractivity contribution in [2.45, 2.75) is 39.7 Å². The van der Waals surface area contributed by atoms with E-state index in [9.17, 15) is 0 Å². The molecule has 0 radical (unpaired) electrons. The van der Waals surface area contributed by atoms with Crippen molar-refractivity contribution in [3.63, 3.8) is 0 Å². The number of benzene rings is 1. The van der Waals surface area contributed by atoms with E-state index in [4.69, 9.17) is 0 Å². The fourth-order valence-electron chi connectivity index (χ4n) is 2.93. The van der Waals surface area contributed by atoms with Crippen LogP contribution in [0, 0.1) is 31.6 Å². The Morgan fingerprint density at radius 2 is 1.96 bits per heavy atom. The first kappa shape index (κ1) is 18.2.